The fourth-order valence-corrected chi connectivity index (χ4v) is 2.82. The molecule has 0 saturated carbocycles. The lowest BCUT2D eigenvalue weighted by Crippen LogP contribution is -2.35. The van der Waals surface area contributed by atoms with Gasteiger partial charge in [-0.2, -0.15) is 0 Å². The third kappa shape index (κ3) is 2.82. The van der Waals surface area contributed by atoms with E-state index in [1.54, 1.807) is 24.3 Å². The van der Waals surface area contributed by atoms with Crippen molar-refractivity contribution in [2.45, 2.75) is 26.3 Å². The molecule has 0 aliphatic carbocycles. The van der Waals surface area contributed by atoms with Crippen LogP contribution in [0, 0.1) is 19.7 Å². The number of para-hydroxylation sites is 1. The van der Waals surface area contributed by atoms with E-state index in [2.05, 4.69) is 5.32 Å². The summed E-state index contributed by atoms with van der Waals surface area (Å²) >= 11 is 0. The van der Waals surface area contributed by atoms with Crippen molar-refractivity contribution in [3.8, 4) is 0 Å². The van der Waals surface area contributed by atoms with E-state index in [9.17, 15) is 14.0 Å². The topological polar surface area (TPSA) is 49.4 Å². The minimum Gasteiger partial charge on any atom is -0.371 e. The zero-order valence-electron chi connectivity index (χ0n) is 13.0. The Morgan fingerprint density at radius 2 is 1.87 bits per heavy atom. The van der Waals surface area contributed by atoms with Crippen LogP contribution in [0.2, 0.25) is 0 Å². The first kappa shape index (κ1) is 15.2. The van der Waals surface area contributed by atoms with Gasteiger partial charge < -0.3 is 5.32 Å². The van der Waals surface area contributed by atoms with Crippen molar-refractivity contribution in [2.24, 2.45) is 0 Å². The molecule has 0 bridgehead atoms. The van der Waals surface area contributed by atoms with Gasteiger partial charge in [0.2, 0.25) is 5.91 Å². The zero-order valence-corrected chi connectivity index (χ0v) is 13.0. The molecule has 23 heavy (non-hydrogen) atoms. The summed E-state index contributed by atoms with van der Waals surface area (Å²) in [6.07, 6.45) is 0.0144. The number of imide groups is 1. The van der Waals surface area contributed by atoms with Crippen molar-refractivity contribution in [3.63, 3.8) is 0 Å². The minimum atomic E-state index is -0.750. The van der Waals surface area contributed by atoms with Crippen LogP contribution in [0.25, 0.3) is 0 Å². The summed E-state index contributed by atoms with van der Waals surface area (Å²) in [5, 5.41) is 2.83. The fraction of sp³-hybridized carbons (Fsp3) is 0.222. The molecule has 0 aromatic heterocycles. The van der Waals surface area contributed by atoms with Crippen molar-refractivity contribution in [3.05, 3.63) is 59.4 Å². The number of aryl methyl sites for hydroxylation is 2. The van der Waals surface area contributed by atoms with Gasteiger partial charge in [-0.3, -0.25) is 9.59 Å². The van der Waals surface area contributed by atoms with Crippen molar-refractivity contribution >= 4 is 23.2 Å². The number of rotatable bonds is 3. The van der Waals surface area contributed by atoms with Gasteiger partial charge in [-0.1, -0.05) is 29.8 Å². The molecular formula is C18H17FN2O2. The Kier molecular flexibility index (Phi) is 3.86. The first-order valence-electron chi connectivity index (χ1n) is 7.42. The van der Waals surface area contributed by atoms with Crippen LogP contribution in [0.4, 0.5) is 15.8 Å². The Labute approximate surface area is 133 Å². The second-order valence-corrected chi connectivity index (χ2v) is 5.74. The average Bonchev–Trinajstić information content (AvgIpc) is 2.77. The van der Waals surface area contributed by atoms with Crippen LogP contribution >= 0.6 is 0 Å². The molecule has 2 amide bonds. The molecular weight excluding hydrogens is 295 g/mol. The van der Waals surface area contributed by atoms with E-state index >= 15 is 0 Å². The van der Waals surface area contributed by atoms with Crippen LogP contribution in [0.15, 0.2) is 42.5 Å². The van der Waals surface area contributed by atoms with Crippen molar-refractivity contribution in [1.82, 2.24) is 0 Å². The smallest absolute Gasteiger partial charge is 0.256 e. The predicted octanol–water partition coefficient (Wildman–Crippen LogP) is 3.19. The van der Waals surface area contributed by atoms with Crippen LogP contribution in [0.3, 0.4) is 0 Å². The van der Waals surface area contributed by atoms with Gasteiger partial charge >= 0.3 is 0 Å². The maximum absolute atomic E-state index is 13.7. The number of hydrogen-bond donors (Lipinski definition) is 1. The molecule has 1 fully saturated rings. The number of carbonyl (C=O) groups excluding carboxylic acids is 2. The van der Waals surface area contributed by atoms with E-state index in [1.807, 2.05) is 26.0 Å². The molecule has 2 aromatic rings. The zero-order chi connectivity index (χ0) is 16.6. The van der Waals surface area contributed by atoms with Gasteiger partial charge in [0.15, 0.2) is 0 Å². The first-order valence-corrected chi connectivity index (χ1v) is 7.42. The lowest BCUT2D eigenvalue weighted by Gasteiger charge is -2.18. The van der Waals surface area contributed by atoms with E-state index in [4.69, 9.17) is 0 Å². The molecule has 118 valence electrons. The highest BCUT2D eigenvalue weighted by Crippen LogP contribution is 2.28. The molecule has 1 unspecified atom stereocenters. The largest absolute Gasteiger partial charge is 0.371 e. The first-order chi connectivity index (χ1) is 11.0. The number of halogens is 1. The van der Waals surface area contributed by atoms with Gasteiger partial charge in [-0.25, -0.2) is 9.29 Å². The number of nitrogens with zero attached hydrogens (tertiary/aromatic N) is 1. The Morgan fingerprint density at radius 3 is 2.57 bits per heavy atom. The molecule has 4 nitrogen and oxygen atoms in total. The van der Waals surface area contributed by atoms with E-state index in [0.717, 1.165) is 11.1 Å². The van der Waals surface area contributed by atoms with Crippen LogP contribution in [0.5, 0.6) is 0 Å². The van der Waals surface area contributed by atoms with Crippen molar-refractivity contribution in [1.29, 1.82) is 0 Å². The Bertz CT molecular complexity index is 788. The molecule has 3 rings (SSSR count). The average molecular weight is 312 g/mol. The maximum atomic E-state index is 13.7. The summed E-state index contributed by atoms with van der Waals surface area (Å²) in [5.74, 6) is -1.08. The highest BCUT2D eigenvalue weighted by atomic mass is 19.1. The third-order valence-corrected chi connectivity index (χ3v) is 3.94. The van der Waals surface area contributed by atoms with Crippen LogP contribution in [-0.4, -0.2) is 17.9 Å². The standard InChI is InChI=1S/C18H17FN2O2/c1-11-7-8-16(12(2)9-11)21-17(22)10-15(18(21)23)20-14-6-4-3-5-13(14)19/h3-9,15,20H,10H2,1-2H3. The van der Waals surface area contributed by atoms with Gasteiger partial charge in [-0.15, -0.1) is 0 Å². The summed E-state index contributed by atoms with van der Waals surface area (Å²) in [5.41, 5.74) is 2.73. The van der Waals surface area contributed by atoms with E-state index in [0.29, 0.717) is 5.69 Å². The number of amides is 2. The van der Waals surface area contributed by atoms with E-state index in [1.165, 1.54) is 11.0 Å². The maximum Gasteiger partial charge on any atom is 0.256 e. The Balaban J connectivity index is 1.87. The van der Waals surface area contributed by atoms with Crippen molar-refractivity contribution in [2.75, 3.05) is 10.2 Å². The lowest BCUT2D eigenvalue weighted by atomic mass is 10.1. The van der Waals surface area contributed by atoms with E-state index in [-0.39, 0.29) is 23.9 Å². The summed E-state index contributed by atoms with van der Waals surface area (Å²) in [4.78, 5) is 26.1. The monoisotopic (exact) mass is 312 g/mol. The molecule has 2 aromatic carbocycles. The highest BCUT2D eigenvalue weighted by Gasteiger charge is 2.40. The van der Waals surface area contributed by atoms with E-state index < -0.39 is 11.9 Å². The minimum absolute atomic E-state index is 0.0144. The molecule has 1 N–H and O–H groups in total. The Morgan fingerprint density at radius 1 is 1.13 bits per heavy atom. The predicted molar refractivity (Wildman–Crippen MR) is 86.8 cm³/mol. The fourth-order valence-electron chi connectivity index (χ4n) is 2.82. The Hall–Kier alpha value is -2.69. The molecule has 1 saturated heterocycles. The number of benzene rings is 2. The summed E-state index contributed by atoms with van der Waals surface area (Å²) in [7, 11) is 0. The second-order valence-electron chi connectivity index (χ2n) is 5.74. The third-order valence-electron chi connectivity index (χ3n) is 3.94. The quantitative estimate of drug-likeness (QED) is 0.886. The molecule has 5 heteroatoms. The summed E-state index contributed by atoms with van der Waals surface area (Å²) in [6, 6.07) is 10.9. The van der Waals surface area contributed by atoms with Crippen molar-refractivity contribution < 1.29 is 14.0 Å². The van der Waals surface area contributed by atoms with Gasteiger partial charge in [0.05, 0.1) is 17.8 Å². The summed E-state index contributed by atoms with van der Waals surface area (Å²) in [6.45, 7) is 3.81. The highest BCUT2D eigenvalue weighted by molar-refractivity contribution is 6.23. The lowest BCUT2D eigenvalue weighted by molar-refractivity contribution is -0.121. The summed E-state index contributed by atoms with van der Waals surface area (Å²) < 4.78 is 13.7. The normalized spacial score (nSPS) is 17.7. The number of carbonyl (C=O) groups is 2. The molecule has 0 spiro atoms. The molecule has 0 radical (unpaired) electrons. The van der Waals surface area contributed by atoms with Crippen LogP contribution < -0.4 is 10.2 Å². The van der Waals surface area contributed by atoms with Crippen LogP contribution in [0.1, 0.15) is 17.5 Å². The van der Waals surface area contributed by atoms with Gasteiger partial charge in [0.1, 0.15) is 11.9 Å². The second kappa shape index (κ2) is 5.83. The number of nitrogens with one attached hydrogen (secondary N) is 1. The molecule has 1 aliphatic rings. The van der Waals surface area contributed by atoms with Gasteiger partial charge in [-0.05, 0) is 37.6 Å². The van der Waals surface area contributed by atoms with Gasteiger partial charge in [0.25, 0.3) is 5.91 Å². The molecule has 1 atom stereocenters. The number of anilines is 2. The molecule has 1 heterocycles. The molecule has 1 aliphatic heterocycles. The van der Waals surface area contributed by atoms with Gasteiger partial charge in [0, 0.05) is 0 Å². The number of hydrogen-bond acceptors (Lipinski definition) is 3. The SMILES string of the molecule is Cc1ccc(N2C(=O)CC(Nc3ccccc3F)C2=O)c(C)c1. The van der Waals surface area contributed by atoms with Crippen LogP contribution in [-0.2, 0) is 9.59 Å².